The maximum absolute atomic E-state index is 10.8. The zero-order valence-electron chi connectivity index (χ0n) is 14.7. The molecule has 1 atom stereocenters. The van der Waals surface area contributed by atoms with Crippen LogP contribution < -0.4 is 10.1 Å². The average molecular weight is 337 g/mol. The Balaban J connectivity index is 1.52. The first-order chi connectivity index (χ1) is 12.3. The second-order valence-electron chi connectivity index (χ2n) is 7.36. The highest BCUT2D eigenvalue weighted by Gasteiger charge is 2.44. The lowest BCUT2D eigenvalue weighted by molar-refractivity contribution is 0.0430. The third kappa shape index (κ3) is 3.31. The minimum absolute atomic E-state index is 0.0857. The minimum Gasteiger partial charge on any atom is -0.493 e. The van der Waals surface area contributed by atoms with Crippen LogP contribution in [-0.2, 0) is 18.3 Å². The van der Waals surface area contributed by atoms with Gasteiger partial charge in [-0.05, 0) is 67.6 Å². The van der Waals surface area contributed by atoms with E-state index in [1.807, 2.05) is 6.07 Å². The summed E-state index contributed by atoms with van der Waals surface area (Å²) in [6.07, 6.45) is 4.54. The molecule has 3 nitrogen and oxygen atoms in total. The minimum atomic E-state index is -0.235. The largest absolute Gasteiger partial charge is 0.493 e. The van der Waals surface area contributed by atoms with E-state index in [-0.39, 0.29) is 11.5 Å². The molecule has 1 spiro atoms. The molecule has 2 aromatic carbocycles. The molecule has 2 N–H and O–H groups in total. The number of hydrogen-bond acceptors (Lipinski definition) is 3. The van der Waals surface area contributed by atoms with Crippen molar-refractivity contribution in [2.75, 3.05) is 19.7 Å². The summed E-state index contributed by atoms with van der Waals surface area (Å²) in [5.41, 5.74) is 3.93. The number of ether oxygens (including phenoxy) is 1. The van der Waals surface area contributed by atoms with E-state index in [1.54, 1.807) is 0 Å². The Hall–Kier alpha value is -1.84. The van der Waals surface area contributed by atoms with Gasteiger partial charge in [-0.25, -0.2) is 0 Å². The smallest absolute Gasteiger partial charge is 0.119 e. The molecule has 1 unspecified atom stereocenters. The Morgan fingerprint density at radius 1 is 1.08 bits per heavy atom. The summed E-state index contributed by atoms with van der Waals surface area (Å²) in [5.74, 6) is 0.932. The second kappa shape index (κ2) is 7.19. The van der Waals surface area contributed by atoms with Crippen molar-refractivity contribution >= 4 is 0 Å². The number of aliphatic hydroxyl groups excluding tert-OH is 1. The molecule has 1 heterocycles. The summed E-state index contributed by atoms with van der Waals surface area (Å²) in [7, 11) is 0. The number of fused-ring (bicyclic) bond motifs is 2. The Morgan fingerprint density at radius 3 is 2.68 bits per heavy atom. The molecule has 2 aromatic rings. The lowest BCUT2D eigenvalue weighted by Crippen LogP contribution is -2.50. The third-order valence-corrected chi connectivity index (χ3v) is 5.94. The molecule has 25 heavy (non-hydrogen) atoms. The number of aliphatic hydroxyl groups is 1. The van der Waals surface area contributed by atoms with Crippen LogP contribution in [0.5, 0.6) is 5.75 Å². The van der Waals surface area contributed by atoms with E-state index in [0.717, 1.165) is 50.9 Å². The number of benzene rings is 2. The average Bonchev–Trinajstić information content (AvgIpc) is 2.67. The number of rotatable bonds is 4. The van der Waals surface area contributed by atoms with Gasteiger partial charge < -0.3 is 15.2 Å². The molecule has 1 fully saturated rings. The summed E-state index contributed by atoms with van der Waals surface area (Å²) >= 11 is 0. The molecule has 0 bridgehead atoms. The molecule has 0 aromatic heterocycles. The fourth-order valence-electron chi connectivity index (χ4n) is 4.48. The highest BCUT2D eigenvalue weighted by atomic mass is 16.5. The van der Waals surface area contributed by atoms with Crippen molar-refractivity contribution < 1.29 is 9.84 Å². The predicted octanol–water partition coefficient (Wildman–Crippen LogP) is 3.24. The van der Waals surface area contributed by atoms with Crippen molar-refractivity contribution in [2.24, 2.45) is 0 Å². The van der Waals surface area contributed by atoms with Gasteiger partial charge >= 0.3 is 0 Å². The topological polar surface area (TPSA) is 41.5 Å². The quantitative estimate of drug-likeness (QED) is 0.900. The van der Waals surface area contributed by atoms with Gasteiger partial charge in [0, 0.05) is 11.8 Å². The summed E-state index contributed by atoms with van der Waals surface area (Å²) in [6.45, 7) is 2.64. The Morgan fingerprint density at radius 2 is 1.88 bits per heavy atom. The van der Waals surface area contributed by atoms with Gasteiger partial charge in [0.15, 0.2) is 0 Å². The number of piperidine rings is 1. The van der Waals surface area contributed by atoms with Crippen LogP contribution in [-0.4, -0.2) is 30.9 Å². The molecule has 1 aliphatic carbocycles. The fraction of sp³-hybridized carbons (Fsp3) is 0.455. The molecule has 0 saturated carbocycles. The van der Waals surface area contributed by atoms with Gasteiger partial charge in [-0.1, -0.05) is 36.4 Å². The third-order valence-electron chi connectivity index (χ3n) is 5.94. The summed E-state index contributed by atoms with van der Waals surface area (Å²) in [4.78, 5) is 0. The van der Waals surface area contributed by atoms with E-state index in [4.69, 9.17) is 4.74 Å². The highest BCUT2D eigenvalue weighted by Crippen LogP contribution is 2.45. The molecule has 2 aliphatic rings. The van der Waals surface area contributed by atoms with Crippen LogP contribution in [0.25, 0.3) is 0 Å². The van der Waals surface area contributed by atoms with Crippen molar-refractivity contribution in [3.05, 3.63) is 65.2 Å². The normalized spacial score (nSPS) is 21.7. The molecular formula is C22H27NO2. The SMILES string of the molecule is OC1CCc2ccc(OCCc3ccccc3)cc2C12CCNCC2. The Kier molecular flexibility index (Phi) is 4.78. The molecule has 4 rings (SSSR count). The van der Waals surface area contributed by atoms with Gasteiger partial charge in [-0.15, -0.1) is 0 Å². The molecule has 1 aliphatic heterocycles. The van der Waals surface area contributed by atoms with Gasteiger partial charge in [0.25, 0.3) is 0 Å². The first-order valence-corrected chi connectivity index (χ1v) is 9.47. The van der Waals surface area contributed by atoms with Crippen molar-refractivity contribution in [1.29, 1.82) is 0 Å². The highest BCUT2D eigenvalue weighted by molar-refractivity contribution is 5.44. The lowest BCUT2D eigenvalue weighted by Gasteiger charge is -2.46. The lowest BCUT2D eigenvalue weighted by atomic mass is 9.63. The molecule has 1 saturated heterocycles. The number of nitrogens with one attached hydrogen (secondary N) is 1. The molecule has 132 valence electrons. The van der Waals surface area contributed by atoms with E-state index in [1.165, 1.54) is 16.7 Å². The monoisotopic (exact) mass is 337 g/mol. The van der Waals surface area contributed by atoms with Crippen LogP contribution in [0.1, 0.15) is 36.0 Å². The van der Waals surface area contributed by atoms with Gasteiger partial charge in [-0.2, -0.15) is 0 Å². The summed E-state index contributed by atoms with van der Waals surface area (Å²) in [5, 5.41) is 14.2. The van der Waals surface area contributed by atoms with Crippen molar-refractivity contribution in [2.45, 2.75) is 43.6 Å². The van der Waals surface area contributed by atoms with Crippen LogP contribution in [0.2, 0.25) is 0 Å². The van der Waals surface area contributed by atoms with Crippen molar-refractivity contribution in [3.8, 4) is 5.75 Å². The fourth-order valence-corrected chi connectivity index (χ4v) is 4.48. The van der Waals surface area contributed by atoms with Gasteiger partial charge in [0.2, 0.25) is 0 Å². The first-order valence-electron chi connectivity index (χ1n) is 9.47. The van der Waals surface area contributed by atoms with Crippen LogP contribution in [0.15, 0.2) is 48.5 Å². The van der Waals surface area contributed by atoms with Crippen LogP contribution in [0, 0.1) is 0 Å². The van der Waals surface area contributed by atoms with Crippen molar-refractivity contribution in [1.82, 2.24) is 5.32 Å². The van der Waals surface area contributed by atoms with E-state index >= 15 is 0 Å². The van der Waals surface area contributed by atoms with Crippen LogP contribution in [0.4, 0.5) is 0 Å². The van der Waals surface area contributed by atoms with Crippen molar-refractivity contribution in [3.63, 3.8) is 0 Å². The predicted molar refractivity (Wildman–Crippen MR) is 100 cm³/mol. The Bertz CT molecular complexity index is 707. The number of aryl methyl sites for hydroxylation is 1. The standard InChI is InChI=1S/C22H27NO2/c24-21-9-7-18-6-8-19(25-15-10-17-4-2-1-3-5-17)16-20(18)22(21)11-13-23-14-12-22/h1-6,8,16,21,23-24H,7,9-15H2. The van der Waals surface area contributed by atoms with Crippen LogP contribution in [0.3, 0.4) is 0 Å². The zero-order valence-corrected chi connectivity index (χ0v) is 14.7. The van der Waals surface area contributed by atoms with E-state index in [2.05, 4.69) is 47.8 Å². The zero-order chi connectivity index (χ0) is 17.1. The van der Waals surface area contributed by atoms with Gasteiger partial charge in [0.1, 0.15) is 5.75 Å². The molecule has 0 radical (unpaired) electrons. The van der Waals surface area contributed by atoms with E-state index in [9.17, 15) is 5.11 Å². The maximum Gasteiger partial charge on any atom is 0.119 e. The first kappa shape index (κ1) is 16.6. The van der Waals surface area contributed by atoms with Gasteiger partial charge in [0.05, 0.1) is 12.7 Å². The van der Waals surface area contributed by atoms with E-state index in [0.29, 0.717) is 6.61 Å². The summed E-state index contributed by atoms with van der Waals surface area (Å²) in [6, 6.07) is 16.9. The second-order valence-corrected chi connectivity index (χ2v) is 7.36. The molecular weight excluding hydrogens is 310 g/mol. The van der Waals surface area contributed by atoms with Gasteiger partial charge in [-0.3, -0.25) is 0 Å². The summed E-state index contributed by atoms with van der Waals surface area (Å²) < 4.78 is 6.05. The van der Waals surface area contributed by atoms with Crippen LogP contribution >= 0.6 is 0 Å². The molecule has 0 amide bonds. The maximum atomic E-state index is 10.8. The van der Waals surface area contributed by atoms with E-state index < -0.39 is 0 Å². The number of hydrogen-bond donors (Lipinski definition) is 2. The Labute approximate surface area is 150 Å². The molecule has 3 heteroatoms.